The molecule has 2 aromatic carbocycles. The molecule has 5 rings (SSSR count). The highest BCUT2D eigenvalue weighted by atomic mass is 16.5. The summed E-state index contributed by atoms with van der Waals surface area (Å²) in [5.41, 5.74) is 2.67. The number of nitrogens with one attached hydrogen (secondary N) is 1. The van der Waals surface area contributed by atoms with Crippen LogP contribution in [0.3, 0.4) is 0 Å². The lowest BCUT2D eigenvalue weighted by molar-refractivity contribution is -0.150. The van der Waals surface area contributed by atoms with E-state index in [-0.39, 0.29) is 0 Å². The molecule has 1 aromatic heterocycles. The number of ether oxygens (including phenoxy) is 1. The monoisotopic (exact) mass is 390 g/mol. The molecule has 1 saturated heterocycles. The van der Waals surface area contributed by atoms with E-state index in [9.17, 15) is 9.59 Å². The molecular weight excluding hydrogens is 368 g/mol. The molecule has 2 aliphatic heterocycles. The number of aryl methyl sites for hydroxylation is 1. The number of carbonyl (C=O) groups is 2. The van der Waals surface area contributed by atoms with Crippen molar-refractivity contribution in [2.24, 2.45) is 7.05 Å². The SMILES string of the molecule is Cn1nc(NC(=O)C(=O)N2CCCC3(C2)OCc2ccccc23)c2ccccc21. The summed E-state index contributed by atoms with van der Waals surface area (Å²) in [7, 11) is 1.81. The van der Waals surface area contributed by atoms with Gasteiger partial charge in [-0.2, -0.15) is 5.10 Å². The maximum atomic E-state index is 12.9. The highest BCUT2D eigenvalue weighted by molar-refractivity contribution is 6.40. The minimum absolute atomic E-state index is 0.388. The topological polar surface area (TPSA) is 76.5 Å². The van der Waals surface area contributed by atoms with E-state index in [4.69, 9.17) is 4.74 Å². The number of rotatable bonds is 1. The molecule has 0 bridgehead atoms. The van der Waals surface area contributed by atoms with E-state index in [1.807, 2.05) is 43.4 Å². The zero-order valence-corrected chi connectivity index (χ0v) is 16.2. The molecule has 1 fully saturated rings. The number of piperidine rings is 1. The summed E-state index contributed by atoms with van der Waals surface area (Å²) in [6, 6.07) is 15.7. The van der Waals surface area contributed by atoms with Crippen LogP contribution in [0.25, 0.3) is 10.9 Å². The molecule has 7 nitrogen and oxygen atoms in total. The van der Waals surface area contributed by atoms with Gasteiger partial charge >= 0.3 is 11.8 Å². The van der Waals surface area contributed by atoms with Gasteiger partial charge in [-0.05, 0) is 36.1 Å². The zero-order chi connectivity index (χ0) is 20.0. The number of benzene rings is 2. The first-order chi connectivity index (χ1) is 14.1. The molecule has 0 aliphatic carbocycles. The van der Waals surface area contributed by atoms with Crippen molar-refractivity contribution >= 4 is 28.5 Å². The van der Waals surface area contributed by atoms with Crippen LogP contribution in [0.15, 0.2) is 48.5 Å². The Morgan fingerprint density at radius 2 is 1.93 bits per heavy atom. The summed E-state index contributed by atoms with van der Waals surface area (Å²) in [6.07, 6.45) is 1.64. The molecule has 1 atom stereocenters. The van der Waals surface area contributed by atoms with Gasteiger partial charge in [0, 0.05) is 19.0 Å². The Kier molecular flexibility index (Phi) is 4.13. The van der Waals surface area contributed by atoms with Gasteiger partial charge in [0.25, 0.3) is 0 Å². The molecule has 2 aliphatic rings. The van der Waals surface area contributed by atoms with Crippen molar-refractivity contribution in [2.75, 3.05) is 18.4 Å². The third kappa shape index (κ3) is 2.89. The number of hydrogen-bond donors (Lipinski definition) is 1. The molecule has 1 spiro atoms. The minimum atomic E-state index is -0.669. The molecule has 2 amide bonds. The molecule has 0 saturated carbocycles. The van der Waals surface area contributed by atoms with Gasteiger partial charge in [0.05, 0.1) is 18.7 Å². The summed E-state index contributed by atoms with van der Waals surface area (Å²) in [5.74, 6) is -0.820. The van der Waals surface area contributed by atoms with Crippen molar-refractivity contribution in [3.05, 3.63) is 59.7 Å². The van der Waals surface area contributed by atoms with Crippen molar-refractivity contribution in [1.29, 1.82) is 0 Å². The predicted molar refractivity (Wildman–Crippen MR) is 108 cm³/mol. The van der Waals surface area contributed by atoms with E-state index in [1.165, 1.54) is 0 Å². The number of nitrogens with zero attached hydrogens (tertiary/aromatic N) is 3. The van der Waals surface area contributed by atoms with Crippen LogP contribution in [0.2, 0.25) is 0 Å². The highest BCUT2D eigenvalue weighted by Gasteiger charge is 2.45. The number of anilines is 1. The lowest BCUT2D eigenvalue weighted by Gasteiger charge is -2.40. The van der Waals surface area contributed by atoms with Crippen molar-refractivity contribution in [1.82, 2.24) is 14.7 Å². The molecule has 3 aromatic rings. The van der Waals surface area contributed by atoms with Crippen LogP contribution >= 0.6 is 0 Å². The fourth-order valence-corrected chi connectivity index (χ4v) is 4.53. The number of fused-ring (bicyclic) bond motifs is 3. The van der Waals surface area contributed by atoms with Gasteiger partial charge in [-0.3, -0.25) is 14.3 Å². The summed E-state index contributed by atoms with van der Waals surface area (Å²) >= 11 is 0. The van der Waals surface area contributed by atoms with Crippen LogP contribution in [0.1, 0.15) is 24.0 Å². The number of carbonyl (C=O) groups excluding carboxylic acids is 2. The van der Waals surface area contributed by atoms with E-state index in [0.717, 1.165) is 34.9 Å². The standard InChI is InChI=1S/C22H22N4O3/c1-25-18-10-5-3-8-16(18)19(24-25)23-20(27)21(28)26-12-6-11-22(14-26)17-9-4-2-7-15(17)13-29-22/h2-5,7-10H,6,11-14H2,1H3,(H,23,24,27). The normalized spacial score (nSPS) is 20.8. The van der Waals surface area contributed by atoms with Crippen LogP contribution in [0.4, 0.5) is 5.82 Å². The van der Waals surface area contributed by atoms with Gasteiger partial charge in [-0.15, -0.1) is 0 Å². The van der Waals surface area contributed by atoms with E-state index in [1.54, 1.807) is 9.58 Å². The van der Waals surface area contributed by atoms with Crippen LogP contribution in [0, 0.1) is 0 Å². The molecule has 7 heteroatoms. The largest absolute Gasteiger partial charge is 0.364 e. The van der Waals surface area contributed by atoms with E-state index in [2.05, 4.69) is 22.5 Å². The summed E-state index contributed by atoms with van der Waals surface area (Å²) in [6.45, 7) is 1.48. The average molecular weight is 390 g/mol. The van der Waals surface area contributed by atoms with Crippen molar-refractivity contribution < 1.29 is 14.3 Å². The highest BCUT2D eigenvalue weighted by Crippen LogP contribution is 2.42. The van der Waals surface area contributed by atoms with E-state index < -0.39 is 17.4 Å². The second kappa shape index (κ2) is 6.70. The number of para-hydroxylation sites is 1. The third-order valence-corrected chi connectivity index (χ3v) is 5.94. The Morgan fingerprint density at radius 3 is 2.83 bits per heavy atom. The number of aromatic nitrogens is 2. The number of amides is 2. The second-order valence-electron chi connectivity index (χ2n) is 7.71. The van der Waals surface area contributed by atoms with Gasteiger partial charge in [-0.25, -0.2) is 0 Å². The van der Waals surface area contributed by atoms with Crippen molar-refractivity contribution in [2.45, 2.75) is 25.0 Å². The van der Waals surface area contributed by atoms with Gasteiger partial charge in [-0.1, -0.05) is 36.4 Å². The lowest BCUT2D eigenvalue weighted by Crippen LogP contribution is -2.51. The Balaban J connectivity index is 1.36. The van der Waals surface area contributed by atoms with Gasteiger partial charge < -0.3 is 15.0 Å². The summed E-state index contributed by atoms with van der Waals surface area (Å²) in [4.78, 5) is 27.2. The van der Waals surface area contributed by atoms with Gasteiger partial charge in [0.15, 0.2) is 5.82 Å². The van der Waals surface area contributed by atoms with Crippen LogP contribution in [-0.4, -0.2) is 39.6 Å². The Labute approximate surface area is 168 Å². The van der Waals surface area contributed by atoms with Crippen molar-refractivity contribution in [3.8, 4) is 0 Å². The van der Waals surface area contributed by atoms with Gasteiger partial charge in [0.1, 0.15) is 5.60 Å². The first-order valence-corrected chi connectivity index (χ1v) is 9.82. The molecule has 3 heterocycles. The molecule has 0 radical (unpaired) electrons. The number of hydrogen-bond acceptors (Lipinski definition) is 4. The Hall–Kier alpha value is -3.19. The maximum Gasteiger partial charge on any atom is 0.315 e. The maximum absolute atomic E-state index is 12.9. The average Bonchev–Trinajstić information content (AvgIpc) is 3.26. The summed E-state index contributed by atoms with van der Waals surface area (Å²) in [5, 5.41) is 7.85. The first kappa shape index (κ1) is 17.9. The van der Waals surface area contributed by atoms with Crippen molar-refractivity contribution in [3.63, 3.8) is 0 Å². The van der Waals surface area contributed by atoms with Crippen LogP contribution < -0.4 is 5.32 Å². The Morgan fingerprint density at radius 1 is 1.14 bits per heavy atom. The predicted octanol–water partition coefficient (Wildman–Crippen LogP) is 2.56. The van der Waals surface area contributed by atoms with Crippen LogP contribution in [-0.2, 0) is 33.6 Å². The third-order valence-electron chi connectivity index (χ3n) is 5.94. The molecular formula is C22H22N4O3. The first-order valence-electron chi connectivity index (χ1n) is 9.82. The quantitative estimate of drug-likeness (QED) is 0.648. The minimum Gasteiger partial charge on any atom is -0.364 e. The summed E-state index contributed by atoms with van der Waals surface area (Å²) < 4.78 is 7.84. The van der Waals surface area contributed by atoms with Crippen LogP contribution in [0.5, 0.6) is 0 Å². The molecule has 1 unspecified atom stereocenters. The second-order valence-corrected chi connectivity index (χ2v) is 7.71. The molecule has 148 valence electrons. The lowest BCUT2D eigenvalue weighted by atomic mass is 9.85. The number of likely N-dealkylation sites (tertiary alicyclic amines) is 1. The van der Waals surface area contributed by atoms with Gasteiger partial charge in [0.2, 0.25) is 0 Å². The van der Waals surface area contributed by atoms with E-state index in [0.29, 0.717) is 25.5 Å². The fraction of sp³-hybridized carbons (Fsp3) is 0.318. The molecule has 29 heavy (non-hydrogen) atoms. The van der Waals surface area contributed by atoms with E-state index >= 15 is 0 Å². The molecule has 1 N–H and O–H groups in total. The fourth-order valence-electron chi connectivity index (χ4n) is 4.53. The Bertz CT molecular complexity index is 1120. The zero-order valence-electron chi connectivity index (χ0n) is 16.2. The smallest absolute Gasteiger partial charge is 0.315 e.